The van der Waals surface area contributed by atoms with Gasteiger partial charge in [-0.05, 0) is 6.42 Å². The monoisotopic (exact) mass is 209 g/mol. The Morgan fingerprint density at radius 1 is 1.47 bits per heavy atom. The normalized spacial score (nSPS) is 21.7. The second-order valence-electron chi connectivity index (χ2n) is 4.03. The lowest BCUT2D eigenvalue weighted by atomic mass is 9.92. The van der Waals surface area contributed by atoms with Crippen molar-refractivity contribution < 1.29 is 9.53 Å². The first kappa shape index (κ1) is 12.0. The van der Waals surface area contributed by atoms with Crippen LogP contribution >= 0.6 is 0 Å². The van der Waals surface area contributed by atoms with Gasteiger partial charge in [0.05, 0.1) is 7.11 Å². The molecule has 84 valence electrons. The van der Waals surface area contributed by atoms with Crippen LogP contribution in [-0.4, -0.2) is 25.2 Å². The standard InChI is InChI=1S/C12H19NO2/c1-9(2)13-11(12(14)15-3)10-7-5-4-6-8-10/h4-7,9-11,13H,8H2,1-3H3/t10?,11-/m0/s1. The molecule has 1 N–H and O–H groups in total. The molecular weight excluding hydrogens is 190 g/mol. The number of esters is 1. The van der Waals surface area contributed by atoms with Crippen LogP contribution in [0.2, 0.25) is 0 Å². The van der Waals surface area contributed by atoms with E-state index in [9.17, 15) is 4.79 Å². The molecule has 0 heterocycles. The highest BCUT2D eigenvalue weighted by molar-refractivity contribution is 5.76. The molecule has 3 nitrogen and oxygen atoms in total. The van der Waals surface area contributed by atoms with Crippen molar-refractivity contribution in [3.8, 4) is 0 Å². The predicted molar refractivity (Wildman–Crippen MR) is 60.5 cm³/mol. The zero-order chi connectivity index (χ0) is 11.3. The molecule has 1 rings (SSSR count). The maximum absolute atomic E-state index is 11.6. The molecule has 0 spiro atoms. The molecule has 0 aromatic carbocycles. The summed E-state index contributed by atoms with van der Waals surface area (Å²) in [5.41, 5.74) is 0. The minimum atomic E-state index is -0.240. The van der Waals surface area contributed by atoms with Crippen LogP contribution in [0.25, 0.3) is 0 Å². The quantitative estimate of drug-likeness (QED) is 0.716. The van der Waals surface area contributed by atoms with Gasteiger partial charge in [0.25, 0.3) is 0 Å². The van der Waals surface area contributed by atoms with Crippen LogP contribution in [0.15, 0.2) is 24.3 Å². The van der Waals surface area contributed by atoms with E-state index < -0.39 is 0 Å². The molecule has 0 aliphatic heterocycles. The molecule has 0 radical (unpaired) electrons. The highest BCUT2D eigenvalue weighted by Crippen LogP contribution is 2.17. The molecule has 0 bridgehead atoms. The molecule has 1 aliphatic rings. The maximum atomic E-state index is 11.6. The Morgan fingerprint density at radius 3 is 2.67 bits per heavy atom. The molecule has 0 aromatic rings. The summed E-state index contributed by atoms with van der Waals surface area (Å²) in [6, 6.07) is 0.0320. The Bertz CT molecular complexity index is 269. The molecule has 1 aliphatic carbocycles. The van der Waals surface area contributed by atoms with E-state index in [1.54, 1.807) is 0 Å². The fraction of sp³-hybridized carbons (Fsp3) is 0.583. The summed E-state index contributed by atoms with van der Waals surface area (Å²) in [7, 11) is 1.43. The predicted octanol–water partition coefficient (Wildman–Crippen LogP) is 1.66. The van der Waals surface area contributed by atoms with Crippen molar-refractivity contribution in [2.75, 3.05) is 7.11 Å². The van der Waals surface area contributed by atoms with Gasteiger partial charge in [0.15, 0.2) is 0 Å². The average molecular weight is 209 g/mol. The molecule has 0 saturated heterocycles. The van der Waals surface area contributed by atoms with Gasteiger partial charge in [0.1, 0.15) is 6.04 Å². The highest BCUT2D eigenvalue weighted by atomic mass is 16.5. The van der Waals surface area contributed by atoms with Crippen molar-refractivity contribution in [3.05, 3.63) is 24.3 Å². The fourth-order valence-electron chi connectivity index (χ4n) is 1.70. The van der Waals surface area contributed by atoms with Crippen LogP contribution in [0.3, 0.4) is 0 Å². The summed E-state index contributed by atoms with van der Waals surface area (Å²) >= 11 is 0. The van der Waals surface area contributed by atoms with E-state index in [1.807, 2.05) is 26.0 Å². The molecule has 0 aromatic heterocycles. The van der Waals surface area contributed by atoms with Crippen LogP contribution in [0.4, 0.5) is 0 Å². The number of nitrogens with one attached hydrogen (secondary N) is 1. The zero-order valence-electron chi connectivity index (χ0n) is 9.57. The summed E-state index contributed by atoms with van der Waals surface area (Å²) in [6.07, 6.45) is 8.99. The van der Waals surface area contributed by atoms with Crippen LogP contribution in [0, 0.1) is 5.92 Å². The molecule has 0 fully saturated rings. The Balaban J connectivity index is 2.67. The fourth-order valence-corrected chi connectivity index (χ4v) is 1.70. The summed E-state index contributed by atoms with van der Waals surface area (Å²) in [5, 5.41) is 3.24. The first-order chi connectivity index (χ1) is 7.15. The van der Waals surface area contributed by atoms with Crippen LogP contribution in [-0.2, 0) is 9.53 Å². The molecule has 1 unspecified atom stereocenters. The van der Waals surface area contributed by atoms with Crippen molar-refractivity contribution in [1.82, 2.24) is 5.32 Å². The third-order valence-electron chi connectivity index (χ3n) is 2.41. The lowest BCUT2D eigenvalue weighted by molar-refractivity contribution is -0.144. The van der Waals surface area contributed by atoms with Gasteiger partial charge in [-0.25, -0.2) is 0 Å². The molecular formula is C12H19NO2. The van der Waals surface area contributed by atoms with Gasteiger partial charge >= 0.3 is 5.97 Å². The maximum Gasteiger partial charge on any atom is 0.323 e. The zero-order valence-corrected chi connectivity index (χ0v) is 9.57. The van der Waals surface area contributed by atoms with E-state index in [4.69, 9.17) is 4.74 Å². The Kier molecular flexibility index (Phi) is 4.56. The second kappa shape index (κ2) is 5.71. The van der Waals surface area contributed by atoms with Crippen LogP contribution in [0.1, 0.15) is 20.3 Å². The first-order valence-corrected chi connectivity index (χ1v) is 5.32. The third kappa shape index (κ3) is 3.51. The van der Waals surface area contributed by atoms with E-state index >= 15 is 0 Å². The van der Waals surface area contributed by atoms with E-state index in [-0.39, 0.29) is 24.0 Å². The smallest absolute Gasteiger partial charge is 0.323 e. The van der Waals surface area contributed by atoms with E-state index in [2.05, 4.69) is 17.5 Å². The van der Waals surface area contributed by atoms with Crippen molar-refractivity contribution in [1.29, 1.82) is 0 Å². The highest BCUT2D eigenvalue weighted by Gasteiger charge is 2.27. The summed E-state index contributed by atoms with van der Waals surface area (Å²) in [5.74, 6) is 0.0125. The molecule has 2 atom stereocenters. The number of rotatable bonds is 4. The third-order valence-corrected chi connectivity index (χ3v) is 2.41. The van der Waals surface area contributed by atoms with E-state index in [1.165, 1.54) is 7.11 Å². The Hall–Kier alpha value is -1.09. The van der Waals surface area contributed by atoms with Gasteiger partial charge in [-0.2, -0.15) is 0 Å². The van der Waals surface area contributed by atoms with Gasteiger partial charge in [-0.15, -0.1) is 0 Å². The largest absolute Gasteiger partial charge is 0.468 e. The van der Waals surface area contributed by atoms with E-state index in [0.29, 0.717) is 0 Å². The van der Waals surface area contributed by atoms with Gasteiger partial charge in [0, 0.05) is 12.0 Å². The number of carbonyl (C=O) groups is 1. The number of methoxy groups -OCH3 is 1. The van der Waals surface area contributed by atoms with Crippen LogP contribution in [0.5, 0.6) is 0 Å². The van der Waals surface area contributed by atoms with Gasteiger partial charge in [-0.1, -0.05) is 38.2 Å². The second-order valence-corrected chi connectivity index (χ2v) is 4.03. The number of hydrogen-bond acceptors (Lipinski definition) is 3. The van der Waals surface area contributed by atoms with Crippen molar-refractivity contribution >= 4 is 5.97 Å². The number of carbonyl (C=O) groups excluding carboxylic acids is 1. The minimum Gasteiger partial charge on any atom is -0.468 e. The molecule has 0 saturated carbocycles. The lowest BCUT2D eigenvalue weighted by Gasteiger charge is -2.25. The van der Waals surface area contributed by atoms with Crippen LogP contribution < -0.4 is 5.32 Å². The average Bonchev–Trinajstić information content (AvgIpc) is 2.26. The molecule has 15 heavy (non-hydrogen) atoms. The number of allylic oxidation sites excluding steroid dienone is 3. The van der Waals surface area contributed by atoms with E-state index in [0.717, 1.165) is 6.42 Å². The number of ether oxygens (including phenoxy) is 1. The molecule has 0 amide bonds. The van der Waals surface area contributed by atoms with Gasteiger partial charge in [0.2, 0.25) is 0 Å². The first-order valence-electron chi connectivity index (χ1n) is 5.32. The minimum absolute atomic E-state index is 0.186. The Labute approximate surface area is 91.2 Å². The topological polar surface area (TPSA) is 38.3 Å². The Morgan fingerprint density at radius 2 is 2.20 bits per heavy atom. The summed E-state index contributed by atoms with van der Waals surface area (Å²) in [6.45, 7) is 4.05. The van der Waals surface area contributed by atoms with Crippen molar-refractivity contribution in [2.45, 2.75) is 32.4 Å². The SMILES string of the molecule is COC(=O)[C@@H](NC(C)C)C1C=CC=CC1. The molecule has 3 heteroatoms. The lowest BCUT2D eigenvalue weighted by Crippen LogP contribution is -2.46. The van der Waals surface area contributed by atoms with Gasteiger partial charge in [-0.3, -0.25) is 4.79 Å². The van der Waals surface area contributed by atoms with Gasteiger partial charge < -0.3 is 10.1 Å². The summed E-state index contributed by atoms with van der Waals surface area (Å²) in [4.78, 5) is 11.6. The van der Waals surface area contributed by atoms with Crippen molar-refractivity contribution in [2.24, 2.45) is 5.92 Å². The summed E-state index contributed by atoms with van der Waals surface area (Å²) < 4.78 is 4.81. The number of hydrogen-bond donors (Lipinski definition) is 1. The van der Waals surface area contributed by atoms with Crippen molar-refractivity contribution in [3.63, 3.8) is 0 Å².